The summed E-state index contributed by atoms with van der Waals surface area (Å²) >= 11 is 3.78. The Labute approximate surface area is 102 Å². The zero-order valence-electron chi connectivity index (χ0n) is 15.2. The lowest BCUT2D eigenvalue weighted by molar-refractivity contribution is 0.145. The molecule has 0 bridgehead atoms. The van der Waals surface area contributed by atoms with Crippen molar-refractivity contribution in [3.63, 3.8) is 0 Å². The first-order valence-electron chi connectivity index (χ1n) is 7.76. The van der Waals surface area contributed by atoms with E-state index in [1.165, 1.54) is 5.38 Å². The highest BCUT2D eigenvalue weighted by Crippen LogP contribution is 2.26. The van der Waals surface area contributed by atoms with E-state index in [2.05, 4.69) is 20.9 Å². The molecular formula is C8H11BrN2OS. The van der Waals surface area contributed by atoms with Gasteiger partial charge in [0, 0.05) is 29.3 Å². The summed E-state index contributed by atoms with van der Waals surface area (Å²) in [6, 6.07) is 0. The van der Waals surface area contributed by atoms with E-state index in [-0.39, 0.29) is 14.6 Å². The molecule has 1 aliphatic heterocycles. The van der Waals surface area contributed by atoms with Gasteiger partial charge < -0.3 is 10.0 Å². The van der Waals surface area contributed by atoms with Crippen molar-refractivity contribution in [2.45, 2.75) is 18.8 Å². The first-order chi connectivity index (χ1) is 9.62. The molecule has 1 saturated heterocycles. The van der Waals surface area contributed by atoms with Crippen molar-refractivity contribution in [2.24, 2.45) is 0 Å². The minimum Gasteiger partial charge on any atom is -0.393 e. The van der Waals surface area contributed by atoms with Crippen LogP contribution in [0.5, 0.6) is 0 Å². The van der Waals surface area contributed by atoms with Gasteiger partial charge in [0.15, 0.2) is 5.13 Å². The van der Waals surface area contributed by atoms with Crippen molar-refractivity contribution in [2.75, 3.05) is 17.9 Å². The maximum absolute atomic E-state index is 9.95. The number of piperidine rings is 1. The number of hydrogen-bond donors (Lipinski definition) is 1. The molecule has 0 aromatic carbocycles. The van der Waals surface area contributed by atoms with E-state index in [1.807, 2.05) is 0 Å². The van der Waals surface area contributed by atoms with Gasteiger partial charge in [0.2, 0.25) is 0 Å². The largest absolute Gasteiger partial charge is 0.393 e. The molecule has 13 heavy (non-hydrogen) atoms. The average molecular weight is 272 g/mol. The average Bonchev–Trinajstić information content (AvgIpc) is 2.72. The normalized spacial score (nSPS) is 47.5. The lowest BCUT2D eigenvalue weighted by Crippen LogP contribution is -2.35. The van der Waals surface area contributed by atoms with Crippen LogP contribution < -0.4 is 4.90 Å². The van der Waals surface area contributed by atoms with E-state index in [9.17, 15) is 5.11 Å². The molecule has 1 N–H and O–H groups in total. The molecule has 0 unspecified atom stereocenters. The van der Waals surface area contributed by atoms with Gasteiger partial charge in [-0.3, -0.25) is 0 Å². The smallest absolute Gasteiger partial charge is 0.186 e. The zero-order chi connectivity index (χ0) is 17.4. The summed E-state index contributed by atoms with van der Waals surface area (Å²) in [7, 11) is 0. The van der Waals surface area contributed by atoms with E-state index in [4.69, 9.17) is 12.3 Å². The molecule has 3 nitrogen and oxygen atoms in total. The fourth-order valence-corrected chi connectivity index (χ4v) is 1.89. The monoisotopic (exact) mass is 271 g/mol. The molecule has 2 rings (SSSR count). The molecule has 0 amide bonds. The fraction of sp³-hybridized carbons (Fsp3) is 0.625. The number of aliphatic hydroxyl groups is 1. The summed E-state index contributed by atoms with van der Waals surface area (Å²) in [6.45, 7) is -6.45. The second-order valence-corrected chi connectivity index (χ2v) is 3.76. The standard InChI is InChI=1S/C8H11BrN2OS/c9-7-5-13-8(10-7)11-3-1-6(12)2-4-11/h5-6,12H,1-4H2/i1D2,2D2,3D2,4D2,6D. The molecule has 0 spiro atoms. The van der Waals surface area contributed by atoms with Gasteiger partial charge in [-0.25, -0.2) is 4.98 Å². The zero-order valence-corrected chi connectivity index (χ0v) is 8.61. The molecule has 1 aromatic rings. The van der Waals surface area contributed by atoms with Crippen LogP contribution in [0.15, 0.2) is 9.98 Å². The van der Waals surface area contributed by atoms with Crippen molar-refractivity contribution in [3.8, 4) is 0 Å². The number of anilines is 1. The summed E-state index contributed by atoms with van der Waals surface area (Å²) in [4.78, 5) is 4.02. The van der Waals surface area contributed by atoms with Crippen LogP contribution in [0.2, 0.25) is 0 Å². The molecular weight excluding hydrogens is 252 g/mol. The van der Waals surface area contributed by atoms with Gasteiger partial charge in [0.05, 0.1) is 7.45 Å². The first-order valence-corrected chi connectivity index (χ1v) is 4.93. The van der Waals surface area contributed by atoms with Crippen molar-refractivity contribution in [3.05, 3.63) is 9.98 Å². The Morgan fingerprint density at radius 2 is 2.46 bits per heavy atom. The van der Waals surface area contributed by atoms with E-state index >= 15 is 0 Å². The predicted molar refractivity (Wildman–Crippen MR) is 57.3 cm³/mol. The third-order valence-electron chi connectivity index (χ3n) is 1.23. The second kappa shape index (κ2) is 3.94. The molecule has 2 heterocycles. The first kappa shape index (κ1) is 3.47. The van der Waals surface area contributed by atoms with Gasteiger partial charge >= 0.3 is 0 Å². The van der Waals surface area contributed by atoms with Crippen LogP contribution in [-0.2, 0) is 0 Å². The van der Waals surface area contributed by atoms with Gasteiger partial charge in [-0.15, -0.1) is 11.3 Å². The van der Waals surface area contributed by atoms with E-state index < -0.39 is 31.8 Å². The van der Waals surface area contributed by atoms with Crippen molar-refractivity contribution in [1.82, 2.24) is 4.98 Å². The quantitative estimate of drug-likeness (QED) is 0.847. The Kier molecular flexibility index (Phi) is 1.05. The summed E-state index contributed by atoms with van der Waals surface area (Å²) < 4.78 is 70.3. The van der Waals surface area contributed by atoms with Crippen LogP contribution in [0.25, 0.3) is 0 Å². The van der Waals surface area contributed by atoms with E-state index in [0.29, 0.717) is 0 Å². The van der Waals surface area contributed by atoms with Crippen molar-refractivity contribution < 1.29 is 17.4 Å². The molecule has 72 valence electrons. The summed E-state index contributed by atoms with van der Waals surface area (Å²) in [5.41, 5.74) is 0. The van der Waals surface area contributed by atoms with Crippen LogP contribution in [0.1, 0.15) is 25.1 Å². The Bertz CT molecular complexity index is 574. The van der Waals surface area contributed by atoms with E-state index in [0.717, 1.165) is 11.3 Å². The highest BCUT2D eigenvalue weighted by molar-refractivity contribution is 9.10. The van der Waals surface area contributed by atoms with Crippen LogP contribution in [-0.4, -0.2) is 29.2 Å². The number of hydrogen-bond acceptors (Lipinski definition) is 4. The number of nitrogens with zero attached hydrogens (tertiary/aromatic N) is 2. The molecule has 1 aliphatic rings. The van der Waals surface area contributed by atoms with Gasteiger partial charge in [0.1, 0.15) is 4.60 Å². The summed E-state index contributed by atoms with van der Waals surface area (Å²) in [6.07, 6.45) is -10.5. The van der Waals surface area contributed by atoms with Crippen LogP contribution >= 0.6 is 27.3 Å². The molecule has 0 aliphatic carbocycles. The Morgan fingerprint density at radius 1 is 1.77 bits per heavy atom. The van der Waals surface area contributed by atoms with Gasteiger partial charge in [-0.05, 0) is 28.7 Å². The van der Waals surface area contributed by atoms with Crippen molar-refractivity contribution in [1.29, 1.82) is 0 Å². The lowest BCUT2D eigenvalue weighted by Gasteiger charge is -2.28. The third kappa shape index (κ3) is 2.21. The van der Waals surface area contributed by atoms with Gasteiger partial charge in [0.25, 0.3) is 0 Å². The summed E-state index contributed by atoms with van der Waals surface area (Å²) in [5.74, 6) is 0. The van der Waals surface area contributed by atoms with Crippen LogP contribution in [0.3, 0.4) is 0 Å². The number of rotatable bonds is 1. The third-order valence-corrected chi connectivity index (χ3v) is 2.76. The van der Waals surface area contributed by atoms with Gasteiger partial charge in [-0.2, -0.15) is 0 Å². The molecule has 0 atom stereocenters. The molecule has 5 heteroatoms. The number of aromatic nitrogens is 1. The van der Waals surface area contributed by atoms with Crippen LogP contribution in [0.4, 0.5) is 5.13 Å². The minimum atomic E-state index is -3.65. The van der Waals surface area contributed by atoms with E-state index in [1.54, 1.807) is 0 Å². The SMILES string of the molecule is [2H]C1([2H])N(c2nc(Br)cs2)C([2H])([2H])C([2H])([2H])C([2H])(O)C1([2H])[2H]. The Hall–Kier alpha value is -0.130. The second-order valence-electron chi connectivity index (χ2n) is 2.11. The maximum atomic E-state index is 9.95. The highest BCUT2D eigenvalue weighted by atomic mass is 79.9. The number of halogens is 1. The van der Waals surface area contributed by atoms with Gasteiger partial charge in [-0.1, -0.05) is 0 Å². The van der Waals surface area contributed by atoms with Crippen LogP contribution in [0, 0.1) is 0 Å². The fourth-order valence-electron chi connectivity index (χ4n) is 0.721. The molecule has 0 saturated carbocycles. The molecule has 0 radical (unpaired) electrons. The predicted octanol–water partition coefficient (Wildman–Crippen LogP) is 1.87. The van der Waals surface area contributed by atoms with Crippen molar-refractivity contribution >= 4 is 32.4 Å². The Balaban J connectivity index is 2.77. The topological polar surface area (TPSA) is 36.4 Å². The Morgan fingerprint density at radius 3 is 3.00 bits per heavy atom. The molecule has 1 aromatic heterocycles. The minimum absolute atomic E-state index is 0.207. The highest BCUT2D eigenvalue weighted by Gasteiger charge is 2.18. The molecule has 1 fully saturated rings. The summed E-state index contributed by atoms with van der Waals surface area (Å²) in [5, 5.41) is 11.0. The number of thiazole rings is 1. The maximum Gasteiger partial charge on any atom is 0.186 e. The lowest BCUT2D eigenvalue weighted by atomic mass is 10.1.